The predicted molar refractivity (Wildman–Crippen MR) is 87.7 cm³/mol. The van der Waals surface area contributed by atoms with E-state index in [4.69, 9.17) is 0 Å². The number of hydrogen-bond donors (Lipinski definition) is 2. The van der Waals surface area contributed by atoms with Crippen molar-refractivity contribution in [2.75, 3.05) is 25.0 Å². The molecule has 1 fully saturated rings. The molecule has 1 saturated heterocycles. The van der Waals surface area contributed by atoms with Gasteiger partial charge in [-0.3, -0.25) is 14.4 Å². The van der Waals surface area contributed by atoms with Crippen molar-refractivity contribution in [1.82, 2.24) is 10.2 Å². The molecule has 0 radical (unpaired) electrons. The second-order valence-corrected chi connectivity index (χ2v) is 5.74. The third-order valence-electron chi connectivity index (χ3n) is 3.87. The molecular formula is C17H22FN3O3. The molecule has 1 aromatic rings. The molecule has 0 atom stereocenters. The zero-order valence-electron chi connectivity index (χ0n) is 13.5. The van der Waals surface area contributed by atoms with Crippen molar-refractivity contribution >= 4 is 23.4 Å². The number of hydrogen-bond acceptors (Lipinski definition) is 3. The summed E-state index contributed by atoms with van der Waals surface area (Å²) in [5.74, 6) is -2.20. The Bertz CT molecular complexity index is 598. The summed E-state index contributed by atoms with van der Waals surface area (Å²) in [6, 6.07) is 5.84. The Morgan fingerprint density at radius 1 is 1.04 bits per heavy atom. The summed E-state index contributed by atoms with van der Waals surface area (Å²) in [7, 11) is 0. The fourth-order valence-corrected chi connectivity index (χ4v) is 2.56. The standard InChI is InChI=1S/C17H22FN3O3/c18-13-7-3-4-8-14(13)20-15(22)9-10-19-16(23)17(24)21-11-5-1-2-6-12-21/h3-4,7-8H,1-2,5-6,9-12H2,(H,19,23)(H,20,22). The first kappa shape index (κ1) is 17.9. The SMILES string of the molecule is O=C(CCNC(=O)C(=O)N1CCCCCC1)Nc1ccccc1F. The van der Waals surface area contributed by atoms with Crippen LogP contribution in [-0.4, -0.2) is 42.3 Å². The van der Waals surface area contributed by atoms with E-state index >= 15 is 0 Å². The van der Waals surface area contributed by atoms with Crippen LogP contribution in [0.25, 0.3) is 0 Å². The molecule has 3 amide bonds. The second-order valence-electron chi connectivity index (χ2n) is 5.74. The molecular weight excluding hydrogens is 313 g/mol. The topological polar surface area (TPSA) is 78.5 Å². The van der Waals surface area contributed by atoms with Crippen LogP contribution in [0.1, 0.15) is 32.1 Å². The van der Waals surface area contributed by atoms with Gasteiger partial charge in [-0.1, -0.05) is 25.0 Å². The summed E-state index contributed by atoms with van der Waals surface area (Å²) >= 11 is 0. The average molecular weight is 335 g/mol. The first-order valence-electron chi connectivity index (χ1n) is 8.19. The number of benzene rings is 1. The molecule has 24 heavy (non-hydrogen) atoms. The van der Waals surface area contributed by atoms with Crippen molar-refractivity contribution < 1.29 is 18.8 Å². The van der Waals surface area contributed by atoms with Crippen LogP contribution in [0.5, 0.6) is 0 Å². The Labute approximate surface area is 140 Å². The fourth-order valence-electron chi connectivity index (χ4n) is 2.56. The predicted octanol–water partition coefficient (Wildman–Crippen LogP) is 1.67. The average Bonchev–Trinajstić information content (AvgIpc) is 2.85. The van der Waals surface area contributed by atoms with Crippen LogP contribution in [0.15, 0.2) is 24.3 Å². The molecule has 1 aliphatic rings. The smallest absolute Gasteiger partial charge is 0.311 e. The number of nitrogens with zero attached hydrogens (tertiary/aromatic N) is 1. The molecule has 6 nitrogen and oxygen atoms in total. The minimum Gasteiger partial charge on any atom is -0.347 e. The van der Waals surface area contributed by atoms with Crippen LogP contribution in [0.2, 0.25) is 0 Å². The third kappa shape index (κ3) is 5.33. The van der Waals surface area contributed by atoms with Crippen molar-refractivity contribution in [2.24, 2.45) is 0 Å². The van der Waals surface area contributed by atoms with Gasteiger partial charge in [-0.25, -0.2) is 4.39 Å². The normalized spacial score (nSPS) is 14.6. The molecule has 2 N–H and O–H groups in total. The lowest BCUT2D eigenvalue weighted by molar-refractivity contribution is -0.145. The first-order chi connectivity index (χ1) is 11.6. The van der Waals surface area contributed by atoms with Crippen LogP contribution < -0.4 is 10.6 Å². The number of carbonyl (C=O) groups is 3. The fraction of sp³-hybridized carbons (Fsp3) is 0.471. The molecule has 7 heteroatoms. The van der Waals surface area contributed by atoms with Crippen LogP contribution >= 0.6 is 0 Å². The molecule has 0 spiro atoms. The van der Waals surface area contributed by atoms with Gasteiger partial charge in [-0.05, 0) is 25.0 Å². The summed E-state index contributed by atoms with van der Waals surface area (Å²) in [4.78, 5) is 37.2. The van der Waals surface area contributed by atoms with Crippen LogP contribution in [0, 0.1) is 5.82 Å². The summed E-state index contributed by atoms with van der Waals surface area (Å²) in [5, 5.41) is 4.87. The van der Waals surface area contributed by atoms with Gasteiger partial charge in [0.1, 0.15) is 5.82 Å². The second kappa shape index (κ2) is 9.00. The zero-order valence-corrected chi connectivity index (χ0v) is 13.5. The Morgan fingerprint density at radius 3 is 2.38 bits per heavy atom. The Morgan fingerprint density at radius 2 is 1.71 bits per heavy atom. The lowest BCUT2D eigenvalue weighted by Gasteiger charge is -2.19. The summed E-state index contributed by atoms with van der Waals surface area (Å²) < 4.78 is 13.4. The van der Waals surface area contributed by atoms with E-state index < -0.39 is 23.5 Å². The van der Waals surface area contributed by atoms with Crippen LogP contribution in [-0.2, 0) is 14.4 Å². The number of anilines is 1. The highest BCUT2D eigenvalue weighted by molar-refractivity contribution is 6.35. The Balaban J connectivity index is 1.72. The van der Waals surface area contributed by atoms with Gasteiger partial charge in [0, 0.05) is 26.1 Å². The quantitative estimate of drug-likeness (QED) is 0.822. The van der Waals surface area contributed by atoms with Crippen LogP contribution in [0.3, 0.4) is 0 Å². The molecule has 1 aromatic carbocycles. The molecule has 0 bridgehead atoms. The minimum atomic E-state index is -0.699. The van der Waals surface area contributed by atoms with Gasteiger partial charge >= 0.3 is 11.8 Å². The van der Waals surface area contributed by atoms with Crippen molar-refractivity contribution in [1.29, 1.82) is 0 Å². The number of nitrogens with one attached hydrogen (secondary N) is 2. The van der Waals surface area contributed by atoms with Gasteiger partial charge < -0.3 is 15.5 Å². The highest BCUT2D eigenvalue weighted by Crippen LogP contribution is 2.12. The maximum absolute atomic E-state index is 13.4. The van der Waals surface area contributed by atoms with Gasteiger partial charge in [0.25, 0.3) is 0 Å². The zero-order chi connectivity index (χ0) is 17.4. The Hall–Kier alpha value is -2.44. The van der Waals surface area contributed by atoms with Crippen molar-refractivity contribution in [3.63, 3.8) is 0 Å². The molecule has 1 heterocycles. The van der Waals surface area contributed by atoms with Crippen molar-refractivity contribution in [3.05, 3.63) is 30.1 Å². The number of halogens is 1. The first-order valence-corrected chi connectivity index (χ1v) is 8.19. The molecule has 0 aliphatic carbocycles. The molecule has 1 aliphatic heterocycles. The van der Waals surface area contributed by atoms with Gasteiger partial charge in [0.15, 0.2) is 0 Å². The van der Waals surface area contributed by atoms with E-state index in [1.807, 2.05) is 0 Å². The summed E-state index contributed by atoms with van der Waals surface area (Å²) in [5.41, 5.74) is 0.0921. The molecule has 2 rings (SSSR count). The molecule has 0 saturated carbocycles. The third-order valence-corrected chi connectivity index (χ3v) is 3.87. The number of para-hydroxylation sites is 1. The van der Waals surface area contributed by atoms with E-state index in [0.29, 0.717) is 13.1 Å². The lowest BCUT2D eigenvalue weighted by atomic mass is 10.2. The van der Waals surface area contributed by atoms with E-state index in [1.54, 1.807) is 11.0 Å². The maximum atomic E-state index is 13.4. The largest absolute Gasteiger partial charge is 0.347 e. The molecule has 0 unspecified atom stereocenters. The van der Waals surface area contributed by atoms with E-state index in [9.17, 15) is 18.8 Å². The number of carbonyl (C=O) groups excluding carboxylic acids is 3. The Kier molecular flexibility index (Phi) is 6.72. The summed E-state index contributed by atoms with van der Waals surface area (Å²) in [6.45, 7) is 1.22. The van der Waals surface area contributed by atoms with Crippen molar-refractivity contribution in [2.45, 2.75) is 32.1 Å². The number of amides is 3. The van der Waals surface area contributed by atoms with Crippen molar-refractivity contribution in [3.8, 4) is 0 Å². The van der Waals surface area contributed by atoms with Gasteiger partial charge in [-0.2, -0.15) is 0 Å². The van der Waals surface area contributed by atoms with E-state index in [0.717, 1.165) is 25.7 Å². The highest BCUT2D eigenvalue weighted by atomic mass is 19.1. The molecule has 130 valence electrons. The number of rotatable bonds is 4. The van der Waals surface area contributed by atoms with E-state index in [2.05, 4.69) is 10.6 Å². The van der Waals surface area contributed by atoms with Gasteiger partial charge in [0.05, 0.1) is 5.69 Å². The number of likely N-dealkylation sites (tertiary alicyclic amines) is 1. The highest BCUT2D eigenvalue weighted by Gasteiger charge is 2.22. The monoisotopic (exact) mass is 335 g/mol. The van der Waals surface area contributed by atoms with Crippen LogP contribution in [0.4, 0.5) is 10.1 Å². The molecule has 0 aromatic heterocycles. The van der Waals surface area contributed by atoms with E-state index in [1.165, 1.54) is 18.2 Å². The minimum absolute atomic E-state index is 0.0265. The lowest BCUT2D eigenvalue weighted by Crippen LogP contribution is -2.44. The van der Waals surface area contributed by atoms with Gasteiger partial charge in [-0.15, -0.1) is 0 Å². The maximum Gasteiger partial charge on any atom is 0.311 e. The van der Waals surface area contributed by atoms with E-state index in [-0.39, 0.29) is 18.7 Å². The van der Waals surface area contributed by atoms with Gasteiger partial charge in [0.2, 0.25) is 5.91 Å². The summed E-state index contributed by atoms with van der Waals surface area (Å²) in [6.07, 6.45) is 3.92.